The van der Waals surface area contributed by atoms with Gasteiger partial charge in [0.25, 0.3) is 17.4 Å². The maximum absolute atomic E-state index is 13.5. The summed E-state index contributed by atoms with van der Waals surface area (Å²) in [7, 11) is 0. The SMILES string of the molecule is Cc1ccc(C(O)(C(N)=O)C(F)(F)F)cc1-c1cnc(N)c(C(=O)N[C@H]2CC[C@H](C(C)(C)O)CC2)n1. The highest BCUT2D eigenvalue weighted by Crippen LogP contribution is 2.40. The van der Waals surface area contributed by atoms with E-state index in [4.69, 9.17) is 11.5 Å². The molecule has 1 unspecified atom stereocenters. The minimum Gasteiger partial charge on any atom is -0.390 e. The fourth-order valence-corrected chi connectivity index (χ4v) is 4.46. The number of nitrogens with one attached hydrogen (secondary N) is 1. The predicted molar refractivity (Wildman–Crippen MR) is 125 cm³/mol. The number of primary amides is 1. The highest BCUT2D eigenvalue weighted by molar-refractivity contribution is 5.97. The number of alkyl halides is 3. The van der Waals surface area contributed by atoms with Crippen LogP contribution in [-0.4, -0.2) is 49.8 Å². The maximum Gasteiger partial charge on any atom is 0.430 e. The second-order valence-corrected chi connectivity index (χ2v) is 9.77. The Kier molecular flexibility index (Phi) is 7.34. The van der Waals surface area contributed by atoms with Crippen molar-refractivity contribution in [2.24, 2.45) is 11.7 Å². The Balaban J connectivity index is 1.90. The summed E-state index contributed by atoms with van der Waals surface area (Å²) < 4.78 is 40.6. The van der Waals surface area contributed by atoms with E-state index < -0.39 is 34.8 Å². The van der Waals surface area contributed by atoms with Crippen LogP contribution < -0.4 is 16.8 Å². The van der Waals surface area contributed by atoms with Gasteiger partial charge in [0.05, 0.1) is 17.5 Å². The highest BCUT2D eigenvalue weighted by atomic mass is 19.4. The second kappa shape index (κ2) is 9.66. The lowest BCUT2D eigenvalue weighted by atomic mass is 9.77. The number of anilines is 1. The van der Waals surface area contributed by atoms with Gasteiger partial charge in [0.1, 0.15) is 0 Å². The molecule has 2 amide bonds. The molecule has 1 fully saturated rings. The van der Waals surface area contributed by atoms with Crippen molar-refractivity contribution in [1.29, 1.82) is 0 Å². The van der Waals surface area contributed by atoms with E-state index >= 15 is 0 Å². The average molecular weight is 510 g/mol. The minimum atomic E-state index is -5.37. The number of rotatable bonds is 6. The number of carbonyl (C=O) groups excluding carboxylic acids is 2. The number of aryl methyl sites for hydroxylation is 1. The van der Waals surface area contributed by atoms with Gasteiger partial charge in [-0.2, -0.15) is 13.2 Å². The maximum atomic E-state index is 13.5. The summed E-state index contributed by atoms with van der Waals surface area (Å²) in [5.74, 6) is -2.62. The summed E-state index contributed by atoms with van der Waals surface area (Å²) >= 11 is 0. The van der Waals surface area contributed by atoms with Gasteiger partial charge in [0.2, 0.25) is 0 Å². The zero-order valence-corrected chi connectivity index (χ0v) is 20.2. The van der Waals surface area contributed by atoms with Crippen molar-refractivity contribution in [1.82, 2.24) is 15.3 Å². The molecule has 12 heteroatoms. The van der Waals surface area contributed by atoms with Crippen LogP contribution in [0.15, 0.2) is 24.4 Å². The van der Waals surface area contributed by atoms with Crippen LogP contribution >= 0.6 is 0 Å². The number of amides is 2. The van der Waals surface area contributed by atoms with Crippen molar-refractivity contribution in [3.05, 3.63) is 41.2 Å². The molecule has 0 bridgehead atoms. The number of aromatic nitrogens is 2. The van der Waals surface area contributed by atoms with Crippen LogP contribution in [0.2, 0.25) is 0 Å². The van der Waals surface area contributed by atoms with Crippen molar-refractivity contribution in [3.8, 4) is 11.3 Å². The fraction of sp³-hybridized carbons (Fsp3) is 0.500. The summed E-state index contributed by atoms with van der Waals surface area (Å²) in [5.41, 5.74) is 5.61. The third-order valence-electron chi connectivity index (χ3n) is 6.78. The number of benzene rings is 1. The Morgan fingerprint density at radius 1 is 1.11 bits per heavy atom. The van der Waals surface area contributed by atoms with Crippen LogP contribution in [-0.2, 0) is 10.4 Å². The minimum absolute atomic E-state index is 0.0217. The number of halogens is 3. The van der Waals surface area contributed by atoms with Gasteiger partial charge in [-0.3, -0.25) is 9.59 Å². The zero-order valence-electron chi connectivity index (χ0n) is 20.2. The predicted octanol–water partition coefficient (Wildman–Crippen LogP) is 2.33. The normalized spacial score (nSPS) is 20.4. The van der Waals surface area contributed by atoms with Gasteiger partial charge >= 0.3 is 6.18 Å². The topological polar surface area (TPSA) is 164 Å². The van der Waals surface area contributed by atoms with Gasteiger partial charge in [-0.05, 0) is 64.0 Å². The molecule has 0 saturated heterocycles. The number of carbonyl (C=O) groups is 2. The molecule has 2 aromatic rings. The molecular weight excluding hydrogens is 479 g/mol. The third kappa shape index (κ3) is 5.29. The molecule has 1 saturated carbocycles. The number of hydrogen-bond acceptors (Lipinski definition) is 7. The van der Waals surface area contributed by atoms with Crippen LogP contribution in [0.4, 0.5) is 19.0 Å². The van der Waals surface area contributed by atoms with E-state index in [1.807, 2.05) is 0 Å². The summed E-state index contributed by atoms with van der Waals surface area (Å²) in [6.07, 6.45) is -1.43. The Hall–Kier alpha value is -3.25. The van der Waals surface area contributed by atoms with Crippen molar-refractivity contribution < 1.29 is 33.0 Å². The van der Waals surface area contributed by atoms with Gasteiger partial charge in [0.15, 0.2) is 11.5 Å². The number of hydrogen-bond donors (Lipinski definition) is 5. The van der Waals surface area contributed by atoms with E-state index in [0.29, 0.717) is 18.4 Å². The zero-order chi connectivity index (χ0) is 27.1. The monoisotopic (exact) mass is 509 g/mol. The van der Waals surface area contributed by atoms with E-state index in [1.54, 1.807) is 20.8 Å². The molecule has 9 nitrogen and oxygen atoms in total. The van der Waals surface area contributed by atoms with Gasteiger partial charge in [-0.1, -0.05) is 12.1 Å². The first kappa shape index (κ1) is 27.3. The Labute approximate surface area is 206 Å². The molecule has 3 rings (SSSR count). The molecule has 36 heavy (non-hydrogen) atoms. The number of nitrogens with zero attached hydrogens (tertiary/aromatic N) is 2. The van der Waals surface area contributed by atoms with E-state index in [9.17, 15) is 33.0 Å². The van der Waals surface area contributed by atoms with E-state index in [-0.39, 0.29) is 34.7 Å². The van der Waals surface area contributed by atoms with Crippen molar-refractivity contribution >= 4 is 17.6 Å². The molecule has 7 N–H and O–H groups in total. The standard InChI is InChI=1S/C24H30F3N5O4/c1-12-4-5-14(23(36,21(29)34)24(25,26)27)10-16(12)17-11-30-19(28)18(32-17)20(33)31-15-8-6-13(7-9-15)22(2,3)35/h4-5,10-11,13,15,35-36H,6-9H2,1-3H3,(H2,28,30)(H2,29,34)(H,31,33)/t13-,15-,23?. The Morgan fingerprint density at radius 3 is 2.25 bits per heavy atom. The molecule has 0 spiro atoms. The van der Waals surface area contributed by atoms with Crippen LogP contribution in [0.25, 0.3) is 11.3 Å². The summed E-state index contributed by atoms with van der Waals surface area (Å²) in [6, 6.07) is 2.99. The first-order valence-corrected chi connectivity index (χ1v) is 11.4. The molecule has 1 atom stereocenters. The smallest absolute Gasteiger partial charge is 0.390 e. The first-order valence-electron chi connectivity index (χ1n) is 11.4. The Morgan fingerprint density at radius 2 is 1.72 bits per heavy atom. The molecule has 1 aliphatic carbocycles. The summed E-state index contributed by atoms with van der Waals surface area (Å²) in [6.45, 7) is 5.09. The largest absolute Gasteiger partial charge is 0.430 e. The van der Waals surface area contributed by atoms with Gasteiger partial charge < -0.3 is 27.0 Å². The lowest BCUT2D eigenvalue weighted by molar-refractivity contribution is -0.255. The molecule has 0 radical (unpaired) electrons. The molecule has 1 heterocycles. The van der Waals surface area contributed by atoms with Crippen LogP contribution in [0.3, 0.4) is 0 Å². The Bertz CT molecular complexity index is 1160. The molecule has 0 aliphatic heterocycles. The number of nitrogen functional groups attached to an aromatic ring is 1. The van der Waals surface area contributed by atoms with E-state index in [0.717, 1.165) is 25.0 Å². The number of aliphatic hydroxyl groups is 2. The van der Waals surface area contributed by atoms with Crippen molar-refractivity contribution in [2.45, 2.75) is 69.9 Å². The molecular formula is C24H30F3N5O4. The fourth-order valence-electron chi connectivity index (χ4n) is 4.46. The average Bonchev–Trinajstić information content (AvgIpc) is 2.78. The quantitative estimate of drug-likeness (QED) is 0.399. The highest BCUT2D eigenvalue weighted by Gasteiger charge is 2.60. The summed E-state index contributed by atoms with van der Waals surface area (Å²) in [4.78, 5) is 32.7. The van der Waals surface area contributed by atoms with Crippen LogP contribution in [0.1, 0.15) is 61.1 Å². The van der Waals surface area contributed by atoms with Crippen LogP contribution in [0.5, 0.6) is 0 Å². The van der Waals surface area contributed by atoms with Crippen molar-refractivity contribution in [2.75, 3.05) is 5.73 Å². The second-order valence-electron chi connectivity index (χ2n) is 9.77. The van der Waals surface area contributed by atoms with Gasteiger partial charge in [-0.25, -0.2) is 9.97 Å². The van der Waals surface area contributed by atoms with Crippen molar-refractivity contribution in [3.63, 3.8) is 0 Å². The lowest BCUT2D eigenvalue weighted by Crippen LogP contribution is -2.52. The lowest BCUT2D eigenvalue weighted by Gasteiger charge is -2.36. The van der Waals surface area contributed by atoms with E-state index in [1.165, 1.54) is 12.3 Å². The van der Waals surface area contributed by atoms with Crippen LogP contribution in [0, 0.1) is 12.8 Å². The van der Waals surface area contributed by atoms with Gasteiger partial charge in [0, 0.05) is 17.2 Å². The third-order valence-corrected chi connectivity index (χ3v) is 6.78. The first-order chi connectivity index (χ1) is 16.6. The molecule has 1 aromatic carbocycles. The molecule has 1 aliphatic rings. The number of nitrogens with two attached hydrogens (primary N) is 2. The molecule has 196 valence electrons. The summed E-state index contributed by atoms with van der Waals surface area (Å²) in [5, 5.41) is 23.2. The van der Waals surface area contributed by atoms with Gasteiger partial charge in [-0.15, -0.1) is 0 Å². The molecule has 1 aromatic heterocycles. The van der Waals surface area contributed by atoms with E-state index in [2.05, 4.69) is 15.3 Å².